The summed E-state index contributed by atoms with van der Waals surface area (Å²) >= 11 is 0. The quantitative estimate of drug-likeness (QED) is 0.363. The fourth-order valence-corrected chi connectivity index (χ4v) is 3.31. The highest BCUT2D eigenvalue weighted by Gasteiger charge is 2.41. The number of carbonyl (C=O) groups is 3. The Balaban J connectivity index is 1.61. The maximum absolute atomic E-state index is 12.4. The van der Waals surface area contributed by atoms with Crippen molar-refractivity contribution >= 4 is 23.4 Å². The number of amides is 3. The molecule has 0 fully saturated rings. The van der Waals surface area contributed by atoms with Gasteiger partial charge in [-0.15, -0.1) is 0 Å². The molecule has 1 N–H and O–H groups in total. The molecule has 0 radical (unpaired) electrons. The zero-order chi connectivity index (χ0) is 18.7. The van der Waals surface area contributed by atoms with E-state index in [0.29, 0.717) is 6.54 Å². The molecular formula is C18H19N3O5. The highest BCUT2D eigenvalue weighted by molar-refractivity contribution is 6.24. The molecule has 0 unspecified atom stereocenters. The summed E-state index contributed by atoms with van der Waals surface area (Å²) in [6, 6.07) is 3.88. The summed E-state index contributed by atoms with van der Waals surface area (Å²) in [5.74, 6) is -1.94. The lowest BCUT2D eigenvalue weighted by Gasteiger charge is -2.15. The summed E-state index contributed by atoms with van der Waals surface area (Å²) in [5, 5.41) is 13.8. The normalized spacial score (nSPS) is 16.3. The van der Waals surface area contributed by atoms with Crippen LogP contribution in [0.4, 0.5) is 5.69 Å². The van der Waals surface area contributed by atoms with Crippen molar-refractivity contribution < 1.29 is 19.3 Å². The topological polar surface area (TPSA) is 110 Å². The Hall–Kier alpha value is -3.03. The lowest BCUT2D eigenvalue weighted by atomic mass is 9.97. The highest BCUT2D eigenvalue weighted by atomic mass is 16.6. The van der Waals surface area contributed by atoms with Gasteiger partial charge in [-0.2, -0.15) is 0 Å². The molecule has 1 aliphatic heterocycles. The van der Waals surface area contributed by atoms with E-state index >= 15 is 0 Å². The molecule has 0 atom stereocenters. The number of hydrogen-bond acceptors (Lipinski definition) is 5. The van der Waals surface area contributed by atoms with Gasteiger partial charge in [0.05, 0.1) is 10.5 Å². The fraction of sp³-hybridized carbons (Fsp3) is 0.389. The van der Waals surface area contributed by atoms with Crippen molar-refractivity contribution in [3.8, 4) is 0 Å². The van der Waals surface area contributed by atoms with Gasteiger partial charge in [0.1, 0.15) is 12.1 Å². The molecule has 0 bridgehead atoms. The van der Waals surface area contributed by atoms with E-state index in [0.717, 1.165) is 30.6 Å². The monoisotopic (exact) mass is 357 g/mol. The number of nitrogens with zero attached hydrogens (tertiary/aromatic N) is 2. The molecule has 3 rings (SSSR count). The Morgan fingerprint density at radius 3 is 2.73 bits per heavy atom. The molecule has 0 saturated heterocycles. The number of benzene rings is 1. The Bertz CT molecular complexity index is 815. The first-order valence-electron chi connectivity index (χ1n) is 8.57. The molecule has 1 aromatic rings. The lowest BCUT2D eigenvalue weighted by Crippen LogP contribution is -2.40. The number of hydrogen-bond donors (Lipinski definition) is 1. The number of fused-ring (bicyclic) bond motifs is 1. The lowest BCUT2D eigenvalue weighted by molar-refractivity contribution is -0.385. The molecule has 0 saturated carbocycles. The zero-order valence-electron chi connectivity index (χ0n) is 14.2. The third kappa shape index (κ3) is 3.49. The SMILES string of the molecule is O=C(CN1C(=O)c2cccc([N+](=O)[O-])c2C1=O)NCCC1=CCCCC1. The van der Waals surface area contributed by atoms with Gasteiger partial charge in [0.15, 0.2) is 0 Å². The molecule has 0 aromatic heterocycles. The van der Waals surface area contributed by atoms with Crippen LogP contribution in [-0.2, 0) is 4.79 Å². The summed E-state index contributed by atoms with van der Waals surface area (Å²) in [5.41, 5.74) is 0.605. The second-order valence-corrected chi connectivity index (χ2v) is 6.36. The molecular weight excluding hydrogens is 338 g/mol. The second kappa shape index (κ2) is 7.47. The van der Waals surface area contributed by atoms with Crippen molar-refractivity contribution in [3.63, 3.8) is 0 Å². The van der Waals surface area contributed by atoms with Crippen LogP contribution in [0.2, 0.25) is 0 Å². The molecule has 3 amide bonds. The number of imide groups is 1. The molecule has 8 nitrogen and oxygen atoms in total. The van der Waals surface area contributed by atoms with Crippen LogP contribution in [0, 0.1) is 10.1 Å². The smallest absolute Gasteiger partial charge is 0.282 e. The van der Waals surface area contributed by atoms with E-state index in [9.17, 15) is 24.5 Å². The van der Waals surface area contributed by atoms with E-state index < -0.39 is 34.9 Å². The molecule has 2 aliphatic rings. The van der Waals surface area contributed by atoms with Crippen molar-refractivity contribution in [2.24, 2.45) is 0 Å². The van der Waals surface area contributed by atoms with Crippen LogP contribution in [0.15, 0.2) is 29.8 Å². The third-order valence-corrected chi connectivity index (χ3v) is 4.63. The van der Waals surface area contributed by atoms with Crippen LogP contribution in [0.1, 0.15) is 52.8 Å². The number of carbonyl (C=O) groups excluding carboxylic acids is 3. The van der Waals surface area contributed by atoms with Crippen LogP contribution >= 0.6 is 0 Å². The average Bonchev–Trinajstić information content (AvgIpc) is 2.87. The molecule has 0 spiro atoms. The largest absolute Gasteiger partial charge is 0.354 e. The predicted octanol–water partition coefficient (Wildman–Crippen LogP) is 2.20. The summed E-state index contributed by atoms with van der Waals surface area (Å²) in [7, 11) is 0. The maximum Gasteiger partial charge on any atom is 0.282 e. The molecule has 26 heavy (non-hydrogen) atoms. The van der Waals surface area contributed by atoms with E-state index in [1.165, 1.54) is 30.2 Å². The van der Waals surface area contributed by atoms with Crippen LogP contribution in [-0.4, -0.2) is 40.6 Å². The van der Waals surface area contributed by atoms with Gasteiger partial charge in [0, 0.05) is 12.6 Å². The number of nitro groups is 1. The molecule has 1 aromatic carbocycles. The first-order chi connectivity index (χ1) is 12.5. The Labute approximate surface area is 150 Å². The Morgan fingerprint density at radius 2 is 2.04 bits per heavy atom. The van der Waals surface area contributed by atoms with Gasteiger partial charge >= 0.3 is 0 Å². The number of nitro benzene ring substituents is 1. The van der Waals surface area contributed by atoms with Gasteiger partial charge in [-0.3, -0.25) is 29.4 Å². The summed E-state index contributed by atoms with van der Waals surface area (Å²) in [6.07, 6.45) is 7.41. The molecule has 8 heteroatoms. The number of allylic oxidation sites excluding steroid dienone is 1. The van der Waals surface area contributed by atoms with E-state index in [4.69, 9.17) is 0 Å². The molecule has 1 aliphatic carbocycles. The minimum absolute atomic E-state index is 0.0376. The third-order valence-electron chi connectivity index (χ3n) is 4.63. The molecule has 1 heterocycles. The fourth-order valence-electron chi connectivity index (χ4n) is 3.31. The van der Waals surface area contributed by atoms with Crippen molar-refractivity contribution in [2.45, 2.75) is 32.1 Å². The van der Waals surface area contributed by atoms with Crippen molar-refractivity contribution in [1.82, 2.24) is 10.2 Å². The van der Waals surface area contributed by atoms with Crippen LogP contribution in [0.5, 0.6) is 0 Å². The Morgan fingerprint density at radius 1 is 1.23 bits per heavy atom. The van der Waals surface area contributed by atoms with E-state index in [1.54, 1.807) is 0 Å². The van der Waals surface area contributed by atoms with Crippen LogP contribution in [0.25, 0.3) is 0 Å². The molecule has 136 valence electrons. The zero-order valence-corrected chi connectivity index (χ0v) is 14.2. The average molecular weight is 357 g/mol. The van der Waals surface area contributed by atoms with Gasteiger partial charge in [0.2, 0.25) is 5.91 Å². The van der Waals surface area contributed by atoms with Crippen molar-refractivity contribution in [3.05, 3.63) is 51.1 Å². The standard InChI is InChI=1S/C18H19N3O5/c22-15(19-10-9-12-5-2-1-3-6-12)11-20-17(23)13-7-4-8-14(21(25)26)16(13)18(20)24/h4-5,7-8H,1-3,6,9-11H2,(H,19,22). The van der Waals surface area contributed by atoms with Crippen molar-refractivity contribution in [2.75, 3.05) is 13.1 Å². The van der Waals surface area contributed by atoms with Gasteiger partial charge < -0.3 is 5.32 Å². The number of nitrogens with one attached hydrogen (secondary N) is 1. The first-order valence-corrected chi connectivity index (χ1v) is 8.57. The number of rotatable bonds is 6. The van der Waals surface area contributed by atoms with E-state index in [2.05, 4.69) is 11.4 Å². The van der Waals surface area contributed by atoms with Crippen LogP contribution in [0.3, 0.4) is 0 Å². The van der Waals surface area contributed by atoms with Crippen LogP contribution < -0.4 is 5.32 Å². The maximum atomic E-state index is 12.4. The highest BCUT2D eigenvalue weighted by Crippen LogP contribution is 2.30. The minimum atomic E-state index is -0.803. The Kier molecular flexibility index (Phi) is 5.11. The first kappa shape index (κ1) is 17.8. The summed E-state index contributed by atoms with van der Waals surface area (Å²) < 4.78 is 0. The minimum Gasteiger partial charge on any atom is -0.354 e. The summed E-state index contributed by atoms with van der Waals surface area (Å²) in [6.45, 7) is -0.00344. The second-order valence-electron chi connectivity index (χ2n) is 6.36. The van der Waals surface area contributed by atoms with Gasteiger partial charge in [-0.1, -0.05) is 17.7 Å². The predicted molar refractivity (Wildman–Crippen MR) is 92.6 cm³/mol. The van der Waals surface area contributed by atoms with E-state index in [1.807, 2.05) is 0 Å². The van der Waals surface area contributed by atoms with Gasteiger partial charge in [0.25, 0.3) is 17.5 Å². The van der Waals surface area contributed by atoms with Crippen molar-refractivity contribution in [1.29, 1.82) is 0 Å². The van der Waals surface area contributed by atoms with Gasteiger partial charge in [-0.05, 0) is 38.2 Å². The summed E-state index contributed by atoms with van der Waals surface area (Å²) in [4.78, 5) is 47.9. The van der Waals surface area contributed by atoms with E-state index in [-0.39, 0.29) is 11.1 Å². The van der Waals surface area contributed by atoms with Gasteiger partial charge in [-0.25, -0.2) is 0 Å².